The van der Waals surface area contributed by atoms with Gasteiger partial charge in [-0.15, -0.1) is 0 Å². The Morgan fingerprint density at radius 1 is 1.39 bits per heavy atom. The molecule has 0 radical (unpaired) electrons. The van der Waals surface area contributed by atoms with Gasteiger partial charge >= 0.3 is 0 Å². The monoisotopic (exact) mass is 292 g/mol. The molecule has 2 amide bonds. The van der Waals surface area contributed by atoms with Crippen molar-refractivity contribution in [3.05, 3.63) is 0 Å². The van der Waals surface area contributed by atoms with Crippen molar-refractivity contribution in [1.29, 1.82) is 0 Å². The summed E-state index contributed by atoms with van der Waals surface area (Å²) in [6, 6.07) is -0.286. The molecule has 8 heteroatoms. The lowest BCUT2D eigenvalue weighted by molar-refractivity contribution is -0.126. The minimum absolute atomic E-state index is 0.121. The topological polar surface area (TPSA) is 74.8 Å². The van der Waals surface area contributed by atoms with E-state index in [1.807, 2.05) is 6.92 Å². The van der Waals surface area contributed by atoms with Gasteiger partial charge in [0.15, 0.2) is 0 Å². The molecule has 2 rings (SSSR count). The van der Waals surface area contributed by atoms with Crippen molar-refractivity contribution < 1.29 is 18.0 Å². The molecule has 0 spiro atoms. The first-order chi connectivity index (χ1) is 8.45. The molecule has 0 bridgehead atoms. The van der Waals surface area contributed by atoms with Crippen LogP contribution < -0.4 is 0 Å². The Balaban J connectivity index is 2.05. The zero-order valence-corrected chi connectivity index (χ0v) is 11.8. The lowest BCUT2D eigenvalue weighted by atomic mass is 10.2. The zero-order chi connectivity index (χ0) is 13.3. The third-order valence-corrected chi connectivity index (χ3v) is 6.01. The molecule has 0 N–H and O–H groups in total. The largest absolute Gasteiger partial charge is 0.289 e. The van der Waals surface area contributed by atoms with Crippen molar-refractivity contribution in [3.8, 4) is 0 Å². The Hall–Kier alpha value is -0.600. The van der Waals surface area contributed by atoms with E-state index in [2.05, 4.69) is 0 Å². The van der Waals surface area contributed by atoms with Crippen molar-refractivity contribution in [2.24, 2.45) is 0 Å². The summed E-state index contributed by atoms with van der Waals surface area (Å²) in [6.07, 6.45) is 1.11. The van der Waals surface area contributed by atoms with E-state index in [4.69, 9.17) is 0 Å². The summed E-state index contributed by atoms with van der Waals surface area (Å²) in [4.78, 5) is 24.4. The molecule has 2 saturated heterocycles. The summed E-state index contributed by atoms with van der Waals surface area (Å²) in [5.74, 6) is 0.0951. The number of carbonyl (C=O) groups excluding carboxylic acids is 2. The summed E-state index contributed by atoms with van der Waals surface area (Å²) in [6.45, 7) is 2.46. The fourth-order valence-corrected chi connectivity index (χ4v) is 4.61. The lowest BCUT2D eigenvalue weighted by Gasteiger charge is -2.21. The first kappa shape index (κ1) is 13.8. The number of thioether (sulfide) groups is 1. The minimum atomic E-state index is -3.23. The predicted octanol–water partition coefficient (Wildman–Crippen LogP) is 0.496. The van der Waals surface area contributed by atoms with Crippen LogP contribution in [0.2, 0.25) is 0 Å². The van der Waals surface area contributed by atoms with Crippen molar-refractivity contribution >= 4 is 32.9 Å². The Morgan fingerprint density at radius 3 is 2.67 bits per heavy atom. The van der Waals surface area contributed by atoms with Crippen LogP contribution in [0.15, 0.2) is 0 Å². The summed E-state index contributed by atoms with van der Waals surface area (Å²) in [5.41, 5.74) is 0. The van der Waals surface area contributed by atoms with Crippen LogP contribution in [0.4, 0.5) is 4.79 Å². The van der Waals surface area contributed by atoms with E-state index >= 15 is 0 Å². The SMILES string of the molecule is CCCS(=O)(=O)N1CCC(N2C(=O)CSC2=O)C1. The standard InChI is InChI=1S/C10H16N2O4S2/c1-2-5-18(15,16)11-4-3-8(6-11)12-9(13)7-17-10(12)14/h8H,2-7H2,1H3. The molecule has 6 nitrogen and oxygen atoms in total. The maximum absolute atomic E-state index is 11.9. The molecule has 18 heavy (non-hydrogen) atoms. The second-order valence-electron chi connectivity index (χ2n) is 4.43. The number of rotatable bonds is 4. The Kier molecular flexibility index (Phi) is 3.98. The van der Waals surface area contributed by atoms with Crippen LogP contribution >= 0.6 is 11.8 Å². The molecular formula is C10H16N2O4S2. The summed E-state index contributed by atoms with van der Waals surface area (Å²) in [7, 11) is -3.23. The van der Waals surface area contributed by atoms with Crippen molar-refractivity contribution in [1.82, 2.24) is 9.21 Å². The summed E-state index contributed by atoms with van der Waals surface area (Å²) < 4.78 is 25.2. The van der Waals surface area contributed by atoms with Gasteiger partial charge in [-0.05, 0) is 12.8 Å². The normalized spacial score (nSPS) is 26.3. The van der Waals surface area contributed by atoms with Gasteiger partial charge in [0, 0.05) is 13.1 Å². The predicted molar refractivity (Wildman–Crippen MR) is 68.8 cm³/mol. The Morgan fingerprint density at radius 2 is 2.11 bits per heavy atom. The molecule has 1 atom stereocenters. The van der Waals surface area contributed by atoms with Crippen molar-refractivity contribution in [2.45, 2.75) is 25.8 Å². The second-order valence-corrected chi connectivity index (χ2v) is 7.45. The molecular weight excluding hydrogens is 276 g/mol. The molecule has 0 saturated carbocycles. The van der Waals surface area contributed by atoms with Crippen LogP contribution in [-0.2, 0) is 14.8 Å². The number of nitrogens with zero attached hydrogens (tertiary/aromatic N) is 2. The van der Waals surface area contributed by atoms with Crippen LogP contribution in [0.5, 0.6) is 0 Å². The van der Waals surface area contributed by atoms with Crippen molar-refractivity contribution in [3.63, 3.8) is 0 Å². The summed E-state index contributed by atoms with van der Waals surface area (Å²) >= 11 is 0.989. The average molecular weight is 292 g/mol. The first-order valence-corrected chi connectivity index (χ1v) is 8.52. The first-order valence-electron chi connectivity index (χ1n) is 5.92. The van der Waals surface area contributed by atoms with E-state index in [1.165, 1.54) is 9.21 Å². The molecule has 2 aliphatic heterocycles. The zero-order valence-electron chi connectivity index (χ0n) is 10.2. The van der Waals surface area contributed by atoms with Crippen molar-refractivity contribution in [2.75, 3.05) is 24.6 Å². The fourth-order valence-electron chi connectivity index (χ4n) is 2.28. The average Bonchev–Trinajstić information content (AvgIpc) is 2.86. The maximum Gasteiger partial charge on any atom is 0.289 e. The highest BCUT2D eigenvalue weighted by Gasteiger charge is 2.41. The number of carbonyl (C=O) groups is 2. The van der Waals surface area contributed by atoms with Gasteiger partial charge < -0.3 is 0 Å². The number of hydrogen-bond donors (Lipinski definition) is 0. The maximum atomic E-state index is 11.9. The quantitative estimate of drug-likeness (QED) is 0.754. The molecule has 102 valence electrons. The van der Waals surface area contributed by atoms with E-state index in [0.29, 0.717) is 19.4 Å². The van der Waals surface area contributed by atoms with Crippen LogP contribution in [0.3, 0.4) is 0 Å². The van der Waals surface area contributed by atoms with Gasteiger partial charge in [0.2, 0.25) is 15.9 Å². The lowest BCUT2D eigenvalue weighted by Crippen LogP contribution is -2.41. The third kappa shape index (κ3) is 2.55. The van der Waals surface area contributed by atoms with Gasteiger partial charge in [-0.25, -0.2) is 8.42 Å². The molecule has 2 aliphatic rings. The molecule has 0 aromatic carbocycles. The van der Waals surface area contributed by atoms with Crippen LogP contribution in [-0.4, -0.2) is 59.4 Å². The number of imide groups is 1. The van der Waals surface area contributed by atoms with Gasteiger partial charge in [0.05, 0.1) is 17.5 Å². The highest BCUT2D eigenvalue weighted by Crippen LogP contribution is 2.27. The highest BCUT2D eigenvalue weighted by atomic mass is 32.2. The van der Waals surface area contributed by atoms with Gasteiger partial charge in [-0.2, -0.15) is 4.31 Å². The molecule has 2 fully saturated rings. The second kappa shape index (κ2) is 5.18. The summed E-state index contributed by atoms with van der Waals surface area (Å²) in [5, 5.41) is -0.250. The molecule has 0 aromatic heterocycles. The van der Waals surface area contributed by atoms with Gasteiger partial charge in [0.1, 0.15) is 0 Å². The third-order valence-electron chi connectivity index (χ3n) is 3.13. The minimum Gasteiger partial charge on any atom is -0.273 e. The van der Waals surface area contributed by atoms with E-state index in [9.17, 15) is 18.0 Å². The molecule has 2 heterocycles. The van der Waals surface area contributed by atoms with Gasteiger partial charge in [0.25, 0.3) is 5.24 Å². The van der Waals surface area contributed by atoms with Crippen LogP contribution in [0.1, 0.15) is 19.8 Å². The molecule has 1 unspecified atom stereocenters. The number of amides is 2. The molecule has 0 aliphatic carbocycles. The molecule has 0 aromatic rings. The Bertz CT molecular complexity index is 446. The number of sulfonamides is 1. The Labute approximate surface area is 111 Å². The smallest absolute Gasteiger partial charge is 0.273 e. The van der Waals surface area contributed by atoms with E-state index in [-0.39, 0.29) is 35.2 Å². The van der Waals surface area contributed by atoms with E-state index in [1.54, 1.807) is 0 Å². The fraction of sp³-hybridized carbons (Fsp3) is 0.800. The van der Waals surface area contributed by atoms with Gasteiger partial charge in [-0.1, -0.05) is 18.7 Å². The van der Waals surface area contributed by atoms with E-state index in [0.717, 1.165) is 11.8 Å². The highest BCUT2D eigenvalue weighted by molar-refractivity contribution is 8.14. The van der Waals surface area contributed by atoms with Gasteiger partial charge in [-0.3, -0.25) is 14.5 Å². The van der Waals surface area contributed by atoms with Crippen LogP contribution in [0, 0.1) is 0 Å². The number of hydrogen-bond acceptors (Lipinski definition) is 5. The van der Waals surface area contributed by atoms with E-state index < -0.39 is 10.0 Å². The van der Waals surface area contributed by atoms with Crippen LogP contribution in [0.25, 0.3) is 0 Å².